The van der Waals surface area contributed by atoms with Crippen LogP contribution in [0.4, 0.5) is 0 Å². The number of ether oxygens (including phenoxy) is 1. The molecule has 3 rings (SSSR count). The van der Waals surface area contributed by atoms with Crippen LogP contribution in [0, 0.1) is 38.0 Å². The van der Waals surface area contributed by atoms with E-state index in [4.69, 9.17) is 9.26 Å². The molecule has 0 aliphatic rings. The maximum atomic E-state index is 13.1. The fourth-order valence-corrected chi connectivity index (χ4v) is 4.15. The van der Waals surface area contributed by atoms with Gasteiger partial charge in [0.1, 0.15) is 5.54 Å². The van der Waals surface area contributed by atoms with Gasteiger partial charge < -0.3 is 14.6 Å². The van der Waals surface area contributed by atoms with E-state index in [2.05, 4.69) is 21.5 Å². The Morgan fingerprint density at radius 2 is 1.94 bits per heavy atom. The highest BCUT2D eigenvalue weighted by Gasteiger charge is 2.33. The summed E-state index contributed by atoms with van der Waals surface area (Å²) < 4.78 is 10.8. The number of nitrogens with zero attached hydrogens (tertiary/aromatic N) is 3. The molecule has 9 heteroatoms. The minimum Gasteiger partial charge on any atom is -0.449 e. The standard InChI is InChI=1S/C23H26N4O4S/c1-11(2)23(7,10-24)26-20(28)14(5)30-22(29)17-9-18(16-8-12(3)32-15(16)6)25-21-19(17)13(4)27-31-21/h8-9,11,14H,1-7H3,(H,26,28). The van der Waals surface area contributed by atoms with E-state index in [1.165, 1.54) is 6.92 Å². The Balaban J connectivity index is 1.94. The molecule has 0 aliphatic carbocycles. The number of aromatic nitrogens is 2. The number of carbonyl (C=O) groups is 2. The van der Waals surface area contributed by atoms with Crippen LogP contribution in [0.2, 0.25) is 0 Å². The fourth-order valence-electron chi connectivity index (χ4n) is 3.22. The molecule has 0 saturated heterocycles. The number of carbonyl (C=O) groups excluding carboxylic acids is 2. The summed E-state index contributed by atoms with van der Waals surface area (Å²) in [6.45, 7) is 12.5. The van der Waals surface area contributed by atoms with Gasteiger partial charge in [0.2, 0.25) is 0 Å². The molecule has 32 heavy (non-hydrogen) atoms. The average molecular weight is 455 g/mol. The zero-order chi connectivity index (χ0) is 23.8. The normalized spacial score (nSPS) is 14.1. The Labute approximate surface area is 190 Å². The first-order valence-corrected chi connectivity index (χ1v) is 11.1. The van der Waals surface area contributed by atoms with Crippen LogP contribution in [0.5, 0.6) is 0 Å². The van der Waals surface area contributed by atoms with E-state index in [1.807, 2.05) is 33.8 Å². The number of thiophene rings is 1. The van der Waals surface area contributed by atoms with Crippen molar-refractivity contribution in [2.45, 2.75) is 60.1 Å². The Morgan fingerprint density at radius 1 is 1.25 bits per heavy atom. The molecular formula is C23H26N4O4S. The molecule has 1 N–H and O–H groups in total. The van der Waals surface area contributed by atoms with Gasteiger partial charge in [-0.25, -0.2) is 9.78 Å². The van der Waals surface area contributed by atoms with Crippen molar-refractivity contribution < 1.29 is 18.8 Å². The second kappa shape index (κ2) is 8.71. The number of rotatable bonds is 6. The second-order valence-corrected chi connectivity index (χ2v) is 9.80. The topological polar surface area (TPSA) is 118 Å². The van der Waals surface area contributed by atoms with Gasteiger partial charge in [-0.15, -0.1) is 11.3 Å². The number of fused-ring (bicyclic) bond motifs is 1. The van der Waals surface area contributed by atoms with Gasteiger partial charge in [-0.3, -0.25) is 4.79 Å². The number of pyridine rings is 1. The summed E-state index contributed by atoms with van der Waals surface area (Å²) in [6, 6.07) is 5.75. The molecule has 0 spiro atoms. The smallest absolute Gasteiger partial charge is 0.339 e. The Bertz CT molecular complexity index is 1240. The van der Waals surface area contributed by atoms with Gasteiger partial charge in [-0.1, -0.05) is 19.0 Å². The molecule has 2 atom stereocenters. The third-order valence-electron chi connectivity index (χ3n) is 5.58. The lowest BCUT2D eigenvalue weighted by Crippen LogP contribution is -2.52. The number of hydrogen-bond donors (Lipinski definition) is 1. The SMILES string of the molecule is Cc1cc(-c2cc(C(=O)OC(C)C(=O)NC(C)(C#N)C(C)C)c3c(C)noc3n2)c(C)s1. The van der Waals surface area contributed by atoms with Crippen molar-refractivity contribution in [3.63, 3.8) is 0 Å². The first-order chi connectivity index (χ1) is 15.0. The number of hydrogen-bond acceptors (Lipinski definition) is 8. The van der Waals surface area contributed by atoms with Crippen molar-refractivity contribution in [2.24, 2.45) is 5.92 Å². The molecule has 0 fully saturated rings. The van der Waals surface area contributed by atoms with E-state index in [-0.39, 0.29) is 17.2 Å². The highest BCUT2D eigenvalue weighted by Crippen LogP contribution is 2.33. The lowest BCUT2D eigenvalue weighted by atomic mass is 9.90. The van der Waals surface area contributed by atoms with Crippen LogP contribution >= 0.6 is 11.3 Å². The molecule has 3 aromatic heterocycles. The van der Waals surface area contributed by atoms with Crippen molar-refractivity contribution in [3.8, 4) is 17.3 Å². The summed E-state index contributed by atoms with van der Waals surface area (Å²) in [6.07, 6.45) is -1.11. The third kappa shape index (κ3) is 4.36. The molecule has 3 heterocycles. The van der Waals surface area contributed by atoms with E-state index < -0.39 is 23.5 Å². The summed E-state index contributed by atoms with van der Waals surface area (Å²) in [5, 5.41) is 16.5. The lowest BCUT2D eigenvalue weighted by molar-refractivity contribution is -0.130. The zero-order valence-corrected chi connectivity index (χ0v) is 20.0. The van der Waals surface area contributed by atoms with Gasteiger partial charge in [-0.2, -0.15) is 5.26 Å². The largest absolute Gasteiger partial charge is 0.449 e. The summed E-state index contributed by atoms with van der Waals surface area (Å²) in [5.74, 6) is -1.37. The van der Waals surface area contributed by atoms with Gasteiger partial charge in [0, 0.05) is 15.3 Å². The van der Waals surface area contributed by atoms with Crippen LogP contribution < -0.4 is 5.32 Å². The number of nitrogens with one attached hydrogen (secondary N) is 1. The molecule has 8 nitrogen and oxygen atoms in total. The molecule has 0 aromatic carbocycles. The average Bonchev–Trinajstić information content (AvgIpc) is 3.28. The van der Waals surface area contributed by atoms with Crippen LogP contribution in [0.1, 0.15) is 53.5 Å². The van der Waals surface area contributed by atoms with E-state index in [9.17, 15) is 14.9 Å². The molecule has 1 amide bonds. The summed E-state index contributed by atoms with van der Waals surface area (Å²) in [7, 11) is 0. The maximum Gasteiger partial charge on any atom is 0.339 e. The first kappa shape index (κ1) is 23.4. The van der Waals surface area contributed by atoms with Gasteiger partial charge in [0.25, 0.3) is 11.6 Å². The molecule has 2 unspecified atom stereocenters. The number of amides is 1. The minimum atomic E-state index is -1.11. The van der Waals surface area contributed by atoms with Crippen LogP contribution in [-0.4, -0.2) is 33.7 Å². The van der Waals surface area contributed by atoms with Crippen molar-refractivity contribution >= 4 is 34.3 Å². The maximum absolute atomic E-state index is 13.1. The van der Waals surface area contributed by atoms with Gasteiger partial charge in [0.05, 0.1) is 28.4 Å². The van der Waals surface area contributed by atoms with Crippen molar-refractivity contribution in [1.29, 1.82) is 5.26 Å². The van der Waals surface area contributed by atoms with Gasteiger partial charge >= 0.3 is 5.97 Å². The molecule has 0 bridgehead atoms. The Hall–Kier alpha value is -3.25. The van der Waals surface area contributed by atoms with Crippen molar-refractivity contribution in [2.75, 3.05) is 0 Å². The molecule has 3 aromatic rings. The van der Waals surface area contributed by atoms with Crippen LogP contribution in [0.15, 0.2) is 16.7 Å². The van der Waals surface area contributed by atoms with E-state index in [0.29, 0.717) is 16.8 Å². The lowest BCUT2D eigenvalue weighted by Gasteiger charge is -2.28. The van der Waals surface area contributed by atoms with Crippen molar-refractivity contribution in [3.05, 3.63) is 33.1 Å². The molecular weight excluding hydrogens is 428 g/mol. The molecule has 0 aliphatic heterocycles. The first-order valence-electron chi connectivity index (χ1n) is 10.3. The monoisotopic (exact) mass is 454 g/mol. The summed E-state index contributed by atoms with van der Waals surface area (Å²) in [4.78, 5) is 32.4. The highest BCUT2D eigenvalue weighted by atomic mass is 32.1. The van der Waals surface area contributed by atoms with Crippen molar-refractivity contribution in [1.82, 2.24) is 15.5 Å². The number of nitriles is 1. The summed E-state index contributed by atoms with van der Waals surface area (Å²) >= 11 is 1.63. The molecule has 0 saturated carbocycles. The molecule has 168 valence electrons. The number of aryl methyl sites for hydroxylation is 3. The van der Waals surface area contributed by atoms with E-state index in [1.54, 1.807) is 31.3 Å². The zero-order valence-electron chi connectivity index (χ0n) is 19.2. The van der Waals surface area contributed by atoms with E-state index >= 15 is 0 Å². The predicted molar refractivity (Wildman–Crippen MR) is 121 cm³/mol. The summed E-state index contributed by atoms with van der Waals surface area (Å²) in [5.41, 5.74) is 1.33. The number of esters is 1. The Morgan fingerprint density at radius 3 is 2.50 bits per heavy atom. The Kier molecular flexibility index (Phi) is 6.37. The van der Waals surface area contributed by atoms with Crippen LogP contribution in [-0.2, 0) is 9.53 Å². The molecule has 0 radical (unpaired) electrons. The van der Waals surface area contributed by atoms with Crippen LogP contribution in [0.3, 0.4) is 0 Å². The fraction of sp³-hybridized carbons (Fsp3) is 0.435. The minimum absolute atomic E-state index is 0.126. The van der Waals surface area contributed by atoms with Gasteiger partial charge in [0.15, 0.2) is 6.10 Å². The highest BCUT2D eigenvalue weighted by molar-refractivity contribution is 7.12. The quantitative estimate of drug-likeness (QED) is 0.546. The predicted octanol–water partition coefficient (Wildman–Crippen LogP) is 4.48. The van der Waals surface area contributed by atoms with E-state index in [0.717, 1.165) is 15.3 Å². The van der Waals surface area contributed by atoms with Gasteiger partial charge in [-0.05, 0) is 52.7 Å². The second-order valence-electron chi connectivity index (χ2n) is 8.34. The third-order valence-corrected chi connectivity index (χ3v) is 6.54. The van der Waals surface area contributed by atoms with Crippen LogP contribution in [0.25, 0.3) is 22.4 Å².